The average Bonchev–Trinajstić information content (AvgIpc) is 2.91. The minimum Gasteiger partial charge on any atom is -0.871 e. The molecule has 0 spiro atoms. The molecule has 0 aliphatic carbocycles. The number of benzene rings is 5. The van der Waals surface area contributed by atoms with Crippen LogP contribution in [-0.4, -0.2) is 25.9 Å². The molecule has 40 heavy (non-hydrogen) atoms. The molecular formula is C26H16N4O8S2-2. The number of hydrogen-bond acceptors (Lipinski definition) is 10. The molecule has 0 aliphatic rings. The average molecular weight is 577 g/mol. The maximum atomic E-state index is 13.0. The van der Waals surface area contributed by atoms with Crippen molar-refractivity contribution in [3.8, 4) is 11.5 Å². The van der Waals surface area contributed by atoms with Crippen molar-refractivity contribution in [1.82, 2.24) is 0 Å². The fourth-order valence-electron chi connectivity index (χ4n) is 4.06. The van der Waals surface area contributed by atoms with Gasteiger partial charge >= 0.3 is 0 Å². The Bertz CT molecular complexity index is 2090. The maximum Gasteiger partial charge on any atom is 0.295 e. The molecule has 0 fully saturated rings. The fraction of sp³-hybridized carbons (Fsp3) is 0. The first kappa shape index (κ1) is 26.8. The van der Waals surface area contributed by atoms with Crippen molar-refractivity contribution in [2.45, 2.75) is 9.79 Å². The second-order valence-electron chi connectivity index (χ2n) is 8.37. The monoisotopic (exact) mass is 576 g/mol. The minimum atomic E-state index is -4.52. The van der Waals surface area contributed by atoms with Crippen molar-refractivity contribution in [3.05, 3.63) is 84.9 Å². The first-order chi connectivity index (χ1) is 18.9. The van der Waals surface area contributed by atoms with Crippen molar-refractivity contribution in [3.63, 3.8) is 0 Å². The summed E-state index contributed by atoms with van der Waals surface area (Å²) in [6.07, 6.45) is 0. The summed E-state index contributed by atoms with van der Waals surface area (Å²) in [5, 5.41) is 42.2. The van der Waals surface area contributed by atoms with Crippen LogP contribution in [0.3, 0.4) is 0 Å². The van der Waals surface area contributed by atoms with Gasteiger partial charge in [-0.3, -0.25) is 9.11 Å². The number of hydrogen-bond donors (Lipinski definition) is 2. The number of rotatable bonds is 6. The molecule has 0 aromatic heterocycles. The molecule has 12 nitrogen and oxygen atoms in total. The van der Waals surface area contributed by atoms with Gasteiger partial charge in [0, 0.05) is 21.5 Å². The zero-order chi connectivity index (χ0) is 28.7. The third kappa shape index (κ3) is 5.11. The van der Waals surface area contributed by atoms with E-state index in [2.05, 4.69) is 20.5 Å². The molecule has 5 rings (SSSR count). The van der Waals surface area contributed by atoms with Crippen LogP contribution in [0.25, 0.3) is 21.5 Å². The van der Waals surface area contributed by atoms with Crippen LogP contribution in [0.2, 0.25) is 0 Å². The predicted octanol–water partition coefficient (Wildman–Crippen LogP) is 5.46. The molecule has 0 unspecified atom stereocenters. The van der Waals surface area contributed by atoms with Crippen LogP contribution in [0.5, 0.6) is 11.5 Å². The minimum absolute atomic E-state index is 0.138. The molecular weight excluding hydrogens is 560 g/mol. The summed E-state index contributed by atoms with van der Waals surface area (Å²) < 4.78 is 65.9. The Balaban J connectivity index is 1.54. The van der Waals surface area contributed by atoms with E-state index < -0.39 is 37.4 Å². The molecule has 5 aromatic carbocycles. The van der Waals surface area contributed by atoms with Crippen LogP contribution in [0.4, 0.5) is 22.7 Å². The molecule has 0 saturated heterocycles. The van der Waals surface area contributed by atoms with E-state index in [4.69, 9.17) is 0 Å². The van der Waals surface area contributed by atoms with E-state index in [1.807, 2.05) is 0 Å². The van der Waals surface area contributed by atoms with Crippen molar-refractivity contribution < 1.29 is 36.2 Å². The summed E-state index contributed by atoms with van der Waals surface area (Å²) in [5.41, 5.74) is -0.476. The number of azo groups is 2. The molecule has 202 valence electrons. The molecule has 0 aliphatic heterocycles. The topological polar surface area (TPSA) is 204 Å². The van der Waals surface area contributed by atoms with E-state index >= 15 is 0 Å². The van der Waals surface area contributed by atoms with Gasteiger partial charge in [0.2, 0.25) is 0 Å². The van der Waals surface area contributed by atoms with Crippen LogP contribution in [0.15, 0.2) is 115 Å². The smallest absolute Gasteiger partial charge is 0.295 e. The van der Waals surface area contributed by atoms with Gasteiger partial charge in [-0.25, -0.2) is 0 Å². The van der Waals surface area contributed by atoms with Gasteiger partial charge in [-0.05, 0) is 30.3 Å². The maximum absolute atomic E-state index is 13.0. The van der Waals surface area contributed by atoms with Gasteiger partial charge in [0.15, 0.2) is 0 Å². The van der Waals surface area contributed by atoms with Crippen molar-refractivity contribution in [2.24, 2.45) is 20.5 Å². The summed E-state index contributed by atoms with van der Waals surface area (Å²) in [6, 6.07) is 19.5. The number of nitrogens with zero attached hydrogens (tertiary/aromatic N) is 4. The third-order valence-corrected chi connectivity index (χ3v) is 7.70. The standard InChI is InChI=1S/C26H18N4O8S2/c31-22-12-9-21(29-27-19-10-13-23(39(33,34)35)17-7-3-1-5-15(17)19)26(32)25(22)30-28-20-11-14-24(40(36,37)38)18-8-4-2-6-16(18)20/h1-14,31-32H,(H,33,34,35)(H,36,37,38)/p-2. The van der Waals surface area contributed by atoms with Crippen molar-refractivity contribution in [1.29, 1.82) is 0 Å². The Morgan fingerprint density at radius 3 is 1.38 bits per heavy atom. The van der Waals surface area contributed by atoms with E-state index in [0.29, 0.717) is 10.8 Å². The fourth-order valence-corrected chi connectivity index (χ4v) is 5.45. The van der Waals surface area contributed by atoms with Crippen LogP contribution >= 0.6 is 0 Å². The summed E-state index contributed by atoms with van der Waals surface area (Å²) in [4.78, 5) is -0.655. The molecule has 0 atom stereocenters. The highest BCUT2D eigenvalue weighted by Crippen LogP contribution is 2.42. The lowest BCUT2D eigenvalue weighted by Crippen LogP contribution is -1.98. The van der Waals surface area contributed by atoms with Crippen LogP contribution in [0, 0.1) is 0 Å². The Kier molecular flexibility index (Phi) is 6.77. The Labute approximate surface area is 227 Å². The molecule has 14 heteroatoms. The molecule has 0 bridgehead atoms. The summed E-state index contributed by atoms with van der Waals surface area (Å²) in [5.74, 6) is -1.62. The second-order valence-corrected chi connectivity index (χ2v) is 11.1. The van der Waals surface area contributed by atoms with E-state index in [9.17, 15) is 36.2 Å². The molecule has 0 radical (unpaired) electrons. The lowest BCUT2D eigenvalue weighted by molar-refractivity contribution is -0.277. The van der Waals surface area contributed by atoms with Crippen LogP contribution in [0.1, 0.15) is 0 Å². The van der Waals surface area contributed by atoms with Crippen LogP contribution < -0.4 is 10.2 Å². The van der Waals surface area contributed by atoms with E-state index in [0.717, 1.165) is 24.3 Å². The van der Waals surface area contributed by atoms with Gasteiger partial charge in [0.05, 0.1) is 22.7 Å². The molecule has 2 N–H and O–H groups in total. The second kappa shape index (κ2) is 10.1. The first-order valence-electron chi connectivity index (χ1n) is 11.3. The Hall–Kier alpha value is -4.76. The summed E-state index contributed by atoms with van der Waals surface area (Å²) in [6.45, 7) is 0. The highest BCUT2D eigenvalue weighted by molar-refractivity contribution is 7.86. The normalized spacial score (nSPS) is 12.7. The highest BCUT2D eigenvalue weighted by Gasteiger charge is 2.17. The SMILES string of the molecule is O=S(=O)(O)c1ccc(N=Nc2ccc([O-])c(N=Nc3ccc(S(=O)(=O)O)c4ccccc34)c2[O-])c2ccccc12. The predicted molar refractivity (Wildman–Crippen MR) is 141 cm³/mol. The van der Waals surface area contributed by atoms with Gasteiger partial charge in [0.1, 0.15) is 9.79 Å². The van der Waals surface area contributed by atoms with Gasteiger partial charge in [-0.15, -0.1) is 10.2 Å². The number of fused-ring (bicyclic) bond motifs is 2. The van der Waals surface area contributed by atoms with Gasteiger partial charge in [0.25, 0.3) is 20.2 Å². The highest BCUT2D eigenvalue weighted by atomic mass is 32.2. The van der Waals surface area contributed by atoms with Gasteiger partial charge in [-0.1, -0.05) is 66.1 Å². The lowest BCUT2D eigenvalue weighted by Gasteiger charge is -2.18. The summed E-state index contributed by atoms with van der Waals surface area (Å²) >= 11 is 0. The van der Waals surface area contributed by atoms with E-state index in [1.165, 1.54) is 30.3 Å². The molecule has 0 amide bonds. The van der Waals surface area contributed by atoms with Crippen LogP contribution in [-0.2, 0) is 20.2 Å². The van der Waals surface area contributed by atoms with Gasteiger partial charge < -0.3 is 10.2 Å². The van der Waals surface area contributed by atoms with Crippen molar-refractivity contribution in [2.75, 3.05) is 0 Å². The zero-order valence-corrected chi connectivity index (χ0v) is 21.7. The van der Waals surface area contributed by atoms with E-state index in [-0.39, 0.29) is 37.6 Å². The Morgan fingerprint density at radius 2 is 0.900 bits per heavy atom. The lowest BCUT2D eigenvalue weighted by atomic mass is 10.1. The Morgan fingerprint density at radius 1 is 0.500 bits per heavy atom. The largest absolute Gasteiger partial charge is 0.871 e. The quantitative estimate of drug-likeness (QED) is 0.195. The van der Waals surface area contributed by atoms with Gasteiger partial charge in [-0.2, -0.15) is 27.1 Å². The third-order valence-electron chi connectivity index (χ3n) is 5.87. The first-order valence-corrected chi connectivity index (χ1v) is 14.2. The zero-order valence-electron chi connectivity index (χ0n) is 20.0. The van der Waals surface area contributed by atoms with E-state index in [1.54, 1.807) is 30.3 Å². The summed E-state index contributed by atoms with van der Waals surface area (Å²) in [7, 11) is -9.03. The molecule has 0 saturated carbocycles. The molecule has 0 heterocycles. The van der Waals surface area contributed by atoms with Crippen molar-refractivity contribution >= 4 is 64.5 Å². The molecule has 5 aromatic rings.